The highest BCUT2D eigenvalue weighted by molar-refractivity contribution is 7.80. The van der Waals surface area contributed by atoms with Crippen LogP contribution in [-0.4, -0.2) is 24.2 Å². The van der Waals surface area contributed by atoms with Crippen LogP contribution in [0, 0.1) is 5.92 Å². The summed E-state index contributed by atoms with van der Waals surface area (Å²) in [6.07, 6.45) is 1.31. The zero-order chi connectivity index (χ0) is 11.0. The Hall–Kier alpha value is -0.640. The maximum absolute atomic E-state index is 11.0. The van der Waals surface area contributed by atoms with Crippen LogP contribution in [0.1, 0.15) is 33.6 Å². The van der Waals surface area contributed by atoms with E-state index < -0.39 is 0 Å². The summed E-state index contributed by atoms with van der Waals surface area (Å²) < 4.78 is 10.2. The van der Waals surface area contributed by atoms with Crippen LogP contribution in [0.2, 0.25) is 0 Å². The van der Waals surface area contributed by atoms with Crippen molar-refractivity contribution in [2.45, 2.75) is 33.6 Å². The minimum Gasteiger partial charge on any atom is -0.487 e. The van der Waals surface area contributed by atoms with Crippen molar-refractivity contribution in [2.75, 3.05) is 13.2 Å². The fourth-order valence-electron chi connectivity index (χ4n) is 0.819. The third-order valence-electron chi connectivity index (χ3n) is 1.55. The summed E-state index contributed by atoms with van der Waals surface area (Å²) >= 11 is 4.76. The van der Waals surface area contributed by atoms with Crippen LogP contribution in [-0.2, 0) is 14.3 Å². The number of rotatable bonds is 6. The van der Waals surface area contributed by atoms with E-state index in [2.05, 4.69) is 0 Å². The number of carbonyl (C=O) groups excluding carboxylic acids is 1. The van der Waals surface area contributed by atoms with Crippen molar-refractivity contribution in [3.63, 3.8) is 0 Å². The van der Waals surface area contributed by atoms with Crippen molar-refractivity contribution in [1.29, 1.82) is 0 Å². The highest BCUT2D eigenvalue weighted by atomic mass is 32.1. The fraction of sp³-hybridized carbons (Fsp3) is 0.800. The summed E-state index contributed by atoms with van der Waals surface area (Å²) in [5.41, 5.74) is 0. The monoisotopic (exact) mass is 218 g/mol. The first-order valence-corrected chi connectivity index (χ1v) is 5.26. The molecule has 0 saturated heterocycles. The molecule has 0 aromatic carbocycles. The Morgan fingerprint density at radius 1 is 1.36 bits per heavy atom. The normalized spacial score (nSPS) is 11.9. The summed E-state index contributed by atoms with van der Waals surface area (Å²) in [6.45, 7) is 6.54. The van der Waals surface area contributed by atoms with E-state index in [1.807, 2.05) is 13.8 Å². The lowest BCUT2D eigenvalue weighted by atomic mass is 10.2. The number of carbonyl (C=O) groups is 1. The quantitative estimate of drug-likeness (QED) is 0.506. The first-order valence-electron chi connectivity index (χ1n) is 4.85. The van der Waals surface area contributed by atoms with Crippen LogP contribution in [0.15, 0.2) is 0 Å². The Morgan fingerprint density at radius 3 is 2.43 bits per heavy atom. The van der Waals surface area contributed by atoms with E-state index in [0.717, 1.165) is 6.42 Å². The van der Waals surface area contributed by atoms with Crippen molar-refractivity contribution < 1.29 is 14.3 Å². The molecule has 0 aliphatic heterocycles. The van der Waals surface area contributed by atoms with Gasteiger partial charge in [0.25, 0.3) is 0 Å². The van der Waals surface area contributed by atoms with Crippen LogP contribution in [0.3, 0.4) is 0 Å². The number of hydrogen-bond donors (Lipinski definition) is 0. The minimum atomic E-state index is -0.140. The molecule has 0 rings (SSSR count). The number of hydrogen-bond acceptors (Lipinski definition) is 4. The van der Waals surface area contributed by atoms with E-state index in [0.29, 0.717) is 24.7 Å². The van der Waals surface area contributed by atoms with Gasteiger partial charge in [0.05, 0.1) is 13.2 Å². The molecule has 0 heterocycles. The average molecular weight is 218 g/mol. The molecule has 82 valence electrons. The largest absolute Gasteiger partial charge is 0.487 e. The van der Waals surface area contributed by atoms with E-state index in [-0.39, 0.29) is 11.9 Å². The molecule has 0 aromatic rings. The van der Waals surface area contributed by atoms with Crippen LogP contribution in [0.4, 0.5) is 0 Å². The topological polar surface area (TPSA) is 35.5 Å². The molecule has 0 fully saturated rings. The highest BCUT2D eigenvalue weighted by Gasteiger charge is 2.07. The van der Waals surface area contributed by atoms with Crippen LogP contribution in [0.5, 0.6) is 0 Å². The first-order chi connectivity index (χ1) is 6.56. The molecular weight excluding hydrogens is 200 g/mol. The Morgan fingerprint density at radius 2 is 1.93 bits per heavy atom. The van der Waals surface area contributed by atoms with Crippen molar-refractivity contribution in [1.82, 2.24) is 0 Å². The van der Waals surface area contributed by atoms with Crippen molar-refractivity contribution in [2.24, 2.45) is 5.92 Å². The molecule has 14 heavy (non-hydrogen) atoms. The summed E-state index contributed by atoms with van der Waals surface area (Å²) in [5.74, 6) is 0.0483. The van der Waals surface area contributed by atoms with E-state index in [1.165, 1.54) is 0 Å². The molecule has 0 N–H and O–H groups in total. The van der Waals surface area contributed by atoms with E-state index in [4.69, 9.17) is 21.7 Å². The molecule has 0 amide bonds. The zero-order valence-corrected chi connectivity index (χ0v) is 9.86. The Labute approximate surface area is 90.8 Å². The van der Waals surface area contributed by atoms with Gasteiger partial charge in [0, 0.05) is 19.3 Å². The molecule has 1 atom stereocenters. The Kier molecular flexibility index (Phi) is 7.38. The SMILES string of the molecule is CCCC(=O)OCC(C)COC(C)=S. The van der Waals surface area contributed by atoms with Gasteiger partial charge >= 0.3 is 5.97 Å². The maximum atomic E-state index is 11.0. The molecule has 1 unspecified atom stereocenters. The fourth-order valence-corrected chi connectivity index (χ4v) is 0.887. The molecule has 0 saturated carbocycles. The second-order valence-corrected chi connectivity index (χ2v) is 3.92. The van der Waals surface area contributed by atoms with Crippen LogP contribution >= 0.6 is 12.2 Å². The van der Waals surface area contributed by atoms with Gasteiger partial charge < -0.3 is 9.47 Å². The molecule has 0 aromatic heterocycles. The number of ether oxygens (including phenoxy) is 2. The smallest absolute Gasteiger partial charge is 0.305 e. The Balaban J connectivity index is 3.48. The van der Waals surface area contributed by atoms with Crippen LogP contribution in [0.25, 0.3) is 0 Å². The van der Waals surface area contributed by atoms with Gasteiger partial charge in [-0.2, -0.15) is 0 Å². The average Bonchev–Trinajstić information content (AvgIpc) is 2.12. The van der Waals surface area contributed by atoms with Gasteiger partial charge in [0.1, 0.15) is 0 Å². The van der Waals surface area contributed by atoms with Gasteiger partial charge in [-0.15, -0.1) is 0 Å². The lowest BCUT2D eigenvalue weighted by Gasteiger charge is -2.12. The van der Waals surface area contributed by atoms with E-state index in [9.17, 15) is 4.79 Å². The predicted molar refractivity (Wildman–Crippen MR) is 59.3 cm³/mol. The second-order valence-electron chi connectivity index (χ2n) is 3.34. The lowest BCUT2D eigenvalue weighted by molar-refractivity contribution is -0.145. The van der Waals surface area contributed by atoms with Crippen LogP contribution < -0.4 is 0 Å². The molecule has 0 spiro atoms. The third kappa shape index (κ3) is 7.98. The van der Waals surface area contributed by atoms with Gasteiger partial charge in [-0.3, -0.25) is 4.79 Å². The van der Waals surface area contributed by atoms with Gasteiger partial charge in [-0.05, 0) is 18.6 Å². The summed E-state index contributed by atoms with van der Waals surface area (Å²) in [6, 6.07) is 0. The molecule has 4 heteroatoms. The first kappa shape index (κ1) is 13.4. The summed E-state index contributed by atoms with van der Waals surface area (Å²) in [7, 11) is 0. The van der Waals surface area contributed by atoms with Crippen molar-refractivity contribution >= 4 is 23.2 Å². The van der Waals surface area contributed by atoms with E-state index in [1.54, 1.807) is 6.92 Å². The molecule has 0 radical (unpaired) electrons. The predicted octanol–water partition coefficient (Wildman–Crippen LogP) is 2.33. The van der Waals surface area contributed by atoms with Gasteiger partial charge in [0.2, 0.25) is 0 Å². The van der Waals surface area contributed by atoms with Gasteiger partial charge in [-0.1, -0.05) is 13.8 Å². The third-order valence-corrected chi connectivity index (χ3v) is 1.67. The highest BCUT2D eigenvalue weighted by Crippen LogP contribution is 2.00. The van der Waals surface area contributed by atoms with Gasteiger partial charge in [-0.25, -0.2) is 0 Å². The summed E-state index contributed by atoms with van der Waals surface area (Å²) in [4.78, 5) is 11.0. The number of thiocarbonyl (C=S) groups is 1. The molecule has 0 aliphatic carbocycles. The maximum Gasteiger partial charge on any atom is 0.305 e. The molecular formula is C10H18O3S. The van der Waals surface area contributed by atoms with Gasteiger partial charge in [0.15, 0.2) is 5.05 Å². The number of esters is 1. The summed E-state index contributed by atoms with van der Waals surface area (Å²) in [5, 5.41) is 0.525. The Bertz CT molecular complexity index is 192. The zero-order valence-electron chi connectivity index (χ0n) is 9.04. The van der Waals surface area contributed by atoms with E-state index >= 15 is 0 Å². The lowest BCUT2D eigenvalue weighted by Crippen LogP contribution is -2.17. The molecule has 3 nitrogen and oxygen atoms in total. The molecule has 0 aliphatic rings. The standard InChI is InChI=1S/C10H18O3S/c1-4-5-10(11)13-7-8(2)6-12-9(3)14/h8H,4-7H2,1-3H3. The minimum absolute atomic E-state index is 0.140. The van der Waals surface area contributed by atoms with Crippen molar-refractivity contribution in [3.05, 3.63) is 0 Å². The second kappa shape index (κ2) is 7.74. The van der Waals surface area contributed by atoms with Crippen molar-refractivity contribution in [3.8, 4) is 0 Å². The molecule has 0 bridgehead atoms.